The van der Waals surface area contributed by atoms with Gasteiger partial charge in [-0.05, 0) is 34.1 Å². The van der Waals surface area contributed by atoms with E-state index in [4.69, 9.17) is 11.6 Å². The Kier molecular flexibility index (Phi) is 3.46. The summed E-state index contributed by atoms with van der Waals surface area (Å²) in [5.74, 6) is 0.579. The first kappa shape index (κ1) is 8.31. The molecule has 0 aliphatic heterocycles. The van der Waals surface area contributed by atoms with Crippen molar-refractivity contribution >= 4 is 44.9 Å². The predicted octanol–water partition coefficient (Wildman–Crippen LogP) is 3.76. The summed E-state index contributed by atoms with van der Waals surface area (Å²) in [6.45, 7) is 0. The standard InChI is InChI=1S/C7H6BrClS/c8-7-4-3-6(10-7)2-1-5-9/h1-4H,5H2. The van der Waals surface area contributed by atoms with Gasteiger partial charge in [0.05, 0.1) is 3.79 Å². The minimum atomic E-state index is 0.579. The summed E-state index contributed by atoms with van der Waals surface area (Å²) in [7, 11) is 0. The number of alkyl halides is 1. The fourth-order valence-corrected chi connectivity index (χ4v) is 2.02. The van der Waals surface area contributed by atoms with Crippen LogP contribution >= 0.6 is 38.9 Å². The van der Waals surface area contributed by atoms with Crippen LogP contribution in [0.15, 0.2) is 22.0 Å². The van der Waals surface area contributed by atoms with Crippen LogP contribution in [0.2, 0.25) is 0 Å². The van der Waals surface area contributed by atoms with Crippen molar-refractivity contribution in [2.45, 2.75) is 0 Å². The number of rotatable bonds is 2. The highest BCUT2D eigenvalue weighted by Gasteiger charge is 1.90. The molecule has 0 fully saturated rings. The topological polar surface area (TPSA) is 0 Å². The average molecular weight is 238 g/mol. The molecule has 0 amide bonds. The second-order valence-electron chi connectivity index (χ2n) is 1.70. The molecule has 0 aromatic carbocycles. The van der Waals surface area contributed by atoms with Crippen molar-refractivity contribution < 1.29 is 0 Å². The summed E-state index contributed by atoms with van der Waals surface area (Å²) in [6.07, 6.45) is 3.95. The van der Waals surface area contributed by atoms with E-state index in [9.17, 15) is 0 Å². The largest absolute Gasteiger partial charge is 0.129 e. The predicted molar refractivity (Wildman–Crippen MR) is 51.8 cm³/mol. The zero-order chi connectivity index (χ0) is 7.40. The molecular formula is C7H6BrClS. The van der Waals surface area contributed by atoms with Crippen LogP contribution in [0.25, 0.3) is 6.08 Å². The molecule has 0 nitrogen and oxygen atoms in total. The van der Waals surface area contributed by atoms with E-state index in [1.54, 1.807) is 11.3 Å². The smallest absolute Gasteiger partial charge is 0.0704 e. The Labute approximate surface area is 77.6 Å². The number of hydrogen-bond donors (Lipinski definition) is 0. The van der Waals surface area contributed by atoms with Crippen LogP contribution in [0.4, 0.5) is 0 Å². The van der Waals surface area contributed by atoms with Gasteiger partial charge < -0.3 is 0 Å². The van der Waals surface area contributed by atoms with Crippen LogP contribution in [-0.2, 0) is 0 Å². The molecule has 0 atom stereocenters. The lowest BCUT2D eigenvalue weighted by Gasteiger charge is -1.78. The highest BCUT2D eigenvalue weighted by Crippen LogP contribution is 2.22. The third kappa shape index (κ3) is 2.45. The molecule has 1 aromatic rings. The number of halogens is 2. The molecule has 54 valence electrons. The number of thiophene rings is 1. The van der Waals surface area contributed by atoms with E-state index in [2.05, 4.69) is 22.0 Å². The molecule has 0 saturated carbocycles. The van der Waals surface area contributed by atoms with Gasteiger partial charge in [0, 0.05) is 10.8 Å². The van der Waals surface area contributed by atoms with Crippen molar-refractivity contribution in [1.82, 2.24) is 0 Å². The van der Waals surface area contributed by atoms with Gasteiger partial charge in [0.1, 0.15) is 0 Å². The maximum Gasteiger partial charge on any atom is 0.0704 e. The van der Waals surface area contributed by atoms with Gasteiger partial charge in [-0.25, -0.2) is 0 Å². The molecule has 0 radical (unpaired) electrons. The molecule has 1 rings (SSSR count). The molecule has 0 spiro atoms. The van der Waals surface area contributed by atoms with Gasteiger partial charge in [0.15, 0.2) is 0 Å². The Morgan fingerprint density at radius 2 is 2.40 bits per heavy atom. The molecule has 0 aliphatic rings. The normalized spacial score (nSPS) is 11.0. The second-order valence-corrected chi connectivity index (χ2v) is 4.50. The van der Waals surface area contributed by atoms with E-state index in [0.717, 1.165) is 3.79 Å². The van der Waals surface area contributed by atoms with Crippen LogP contribution < -0.4 is 0 Å². The fourth-order valence-electron chi connectivity index (χ4n) is 0.579. The summed E-state index contributed by atoms with van der Waals surface area (Å²) in [6, 6.07) is 4.08. The molecule has 10 heavy (non-hydrogen) atoms. The molecule has 1 heterocycles. The van der Waals surface area contributed by atoms with E-state index in [1.807, 2.05) is 18.2 Å². The lowest BCUT2D eigenvalue weighted by Crippen LogP contribution is -1.58. The summed E-state index contributed by atoms with van der Waals surface area (Å²) in [5.41, 5.74) is 0. The average Bonchev–Trinajstić information content (AvgIpc) is 2.31. The molecular weight excluding hydrogens is 232 g/mol. The SMILES string of the molecule is ClCC=Cc1ccc(Br)s1. The Bertz CT molecular complexity index is 229. The van der Waals surface area contributed by atoms with Gasteiger partial charge >= 0.3 is 0 Å². The molecule has 0 N–H and O–H groups in total. The molecule has 0 saturated heterocycles. The van der Waals surface area contributed by atoms with Crippen molar-refractivity contribution in [3.63, 3.8) is 0 Å². The first-order chi connectivity index (χ1) is 4.83. The lowest BCUT2D eigenvalue weighted by molar-refractivity contribution is 1.79. The minimum Gasteiger partial charge on any atom is -0.129 e. The molecule has 0 aliphatic carbocycles. The van der Waals surface area contributed by atoms with Crippen LogP contribution in [0, 0.1) is 0 Å². The van der Waals surface area contributed by atoms with Gasteiger partial charge in [0.25, 0.3) is 0 Å². The van der Waals surface area contributed by atoms with E-state index >= 15 is 0 Å². The van der Waals surface area contributed by atoms with E-state index in [1.165, 1.54) is 4.88 Å². The van der Waals surface area contributed by atoms with Gasteiger partial charge in [0.2, 0.25) is 0 Å². The van der Waals surface area contributed by atoms with Crippen LogP contribution in [0.5, 0.6) is 0 Å². The van der Waals surface area contributed by atoms with Crippen LogP contribution in [0.1, 0.15) is 4.88 Å². The van der Waals surface area contributed by atoms with Gasteiger partial charge in [-0.1, -0.05) is 6.08 Å². The van der Waals surface area contributed by atoms with Crippen molar-refractivity contribution in [3.8, 4) is 0 Å². The number of allylic oxidation sites excluding steroid dienone is 1. The number of hydrogen-bond acceptors (Lipinski definition) is 1. The van der Waals surface area contributed by atoms with E-state index < -0.39 is 0 Å². The highest BCUT2D eigenvalue weighted by atomic mass is 79.9. The Morgan fingerprint density at radius 3 is 2.90 bits per heavy atom. The van der Waals surface area contributed by atoms with Crippen LogP contribution in [-0.4, -0.2) is 5.88 Å². The summed E-state index contributed by atoms with van der Waals surface area (Å²) in [5, 5.41) is 0. The van der Waals surface area contributed by atoms with Crippen molar-refractivity contribution in [2.75, 3.05) is 5.88 Å². The Morgan fingerprint density at radius 1 is 1.60 bits per heavy atom. The summed E-state index contributed by atoms with van der Waals surface area (Å²) >= 11 is 10.5. The zero-order valence-corrected chi connectivity index (χ0v) is 8.34. The van der Waals surface area contributed by atoms with Gasteiger partial charge in [-0.15, -0.1) is 22.9 Å². The maximum absolute atomic E-state index is 5.46. The van der Waals surface area contributed by atoms with Crippen molar-refractivity contribution in [1.29, 1.82) is 0 Å². The Balaban J connectivity index is 2.67. The quantitative estimate of drug-likeness (QED) is 0.687. The van der Waals surface area contributed by atoms with Gasteiger partial charge in [-0.2, -0.15) is 0 Å². The Hall–Kier alpha value is 0.210. The van der Waals surface area contributed by atoms with Gasteiger partial charge in [-0.3, -0.25) is 0 Å². The lowest BCUT2D eigenvalue weighted by atomic mass is 10.4. The van der Waals surface area contributed by atoms with E-state index in [0.29, 0.717) is 5.88 Å². The van der Waals surface area contributed by atoms with Crippen molar-refractivity contribution in [3.05, 3.63) is 26.9 Å². The molecule has 0 unspecified atom stereocenters. The molecule has 3 heteroatoms. The summed E-state index contributed by atoms with van der Waals surface area (Å²) in [4.78, 5) is 1.23. The third-order valence-corrected chi connectivity index (χ3v) is 2.73. The first-order valence-corrected chi connectivity index (χ1v) is 4.95. The van der Waals surface area contributed by atoms with E-state index in [-0.39, 0.29) is 0 Å². The highest BCUT2D eigenvalue weighted by molar-refractivity contribution is 9.11. The summed E-state index contributed by atoms with van der Waals surface area (Å²) < 4.78 is 1.15. The fraction of sp³-hybridized carbons (Fsp3) is 0.143. The first-order valence-electron chi connectivity index (χ1n) is 2.81. The molecule has 1 aromatic heterocycles. The second kappa shape index (κ2) is 4.16. The molecule has 0 bridgehead atoms. The monoisotopic (exact) mass is 236 g/mol. The zero-order valence-electron chi connectivity index (χ0n) is 5.18. The van der Waals surface area contributed by atoms with Crippen molar-refractivity contribution in [2.24, 2.45) is 0 Å². The third-order valence-electron chi connectivity index (χ3n) is 0.965. The minimum absolute atomic E-state index is 0.579. The maximum atomic E-state index is 5.46. The van der Waals surface area contributed by atoms with Crippen LogP contribution in [0.3, 0.4) is 0 Å².